The van der Waals surface area contributed by atoms with E-state index in [0.717, 1.165) is 49.4 Å². The van der Waals surface area contributed by atoms with Crippen LogP contribution in [0.15, 0.2) is 48.7 Å². The van der Waals surface area contributed by atoms with Crippen LogP contribution in [0.5, 0.6) is 5.75 Å². The first-order valence-corrected chi connectivity index (χ1v) is 9.10. The number of aryl methyl sites for hydroxylation is 1. The van der Waals surface area contributed by atoms with Crippen molar-refractivity contribution in [3.8, 4) is 5.75 Å². The number of nitrogens with zero attached hydrogens (tertiary/aromatic N) is 2. The summed E-state index contributed by atoms with van der Waals surface area (Å²) in [6.07, 6.45) is 4.49. The summed E-state index contributed by atoms with van der Waals surface area (Å²) in [5.41, 5.74) is 2.10. The topological polar surface area (TPSA) is 42.4 Å². The summed E-state index contributed by atoms with van der Waals surface area (Å²) < 4.78 is 6.01. The van der Waals surface area contributed by atoms with E-state index >= 15 is 0 Å². The van der Waals surface area contributed by atoms with Gasteiger partial charge >= 0.3 is 0 Å². The number of rotatable bonds is 5. The predicted molar refractivity (Wildman–Crippen MR) is 98.7 cm³/mol. The number of pyridine rings is 1. The SMILES string of the molecule is CCC(C(=O)N1CCC(Oc2ccc(C)nc2)CC1)c1ccccc1. The lowest BCUT2D eigenvalue weighted by atomic mass is 9.94. The molecule has 0 spiro atoms. The van der Waals surface area contributed by atoms with Crippen molar-refractivity contribution in [2.75, 3.05) is 13.1 Å². The van der Waals surface area contributed by atoms with Crippen LogP contribution in [0, 0.1) is 6.92 Å². The summed E-state index contributed by atoms with van der Waals surface area (Å²) in [6, 6.07) is 14.0. The molecule has 0 bridgehead atoms. The lowest BCUT2D eigenvalue weighted by Crippen LogP contribution is -2.43. The Hall–Kier alpha value is -2.36. The Morgan fingerprint density at radius 2 is 1.92 bits per heavy atom. The van der Waals surface area contributed by atoms with E-state index in [2.05, 4.69) is 11.9 Å². The van der Waals surface area contributed by atoms with Crippen molar-refractivity contribution in [2.24, 2.45) is 0 Å². The van der Waals surface area contributed by atoms with Crippen LogP contribution in [0.1, 0.15) is 43.4 Å². The fourth-order valence-corrected chi connectivity index (χ4v) is 3.37. The first kappa shape index (κ1) is 17.5. The summed E-state index contributed by atoms with van der Waals surface area (Å²) in [5, 5.41) is 0. The number of hydrogen-bond donors (Lipinski definition) is 0. The number of amides is 1. The van der Waals surface area contributed by atoms with Crippen LogP contribution < -0.4 is 4.74 Å². The molecule has 4 heteroatoms. The monoisotopic (exact) mass is 338 g/mol. The molecule has 0 radical (unpaired) electrons. The number of piperidine rings is 1. The lowest BCUT2D eigenvalue weighted by Gasteiger charge is -2.34. The Morgan fingerprint density at radius 3 is 2.52 bits per heavy atom. The van der Waals surface area contributed by atoms with Gasteiger partial charge < -0.3 is 9.64 Å². The minimum absolute atomic E-state index is 0.0417. The summed E-state index contributed by atoms with van der Waals surface area (Å²) in [6.45, 7) is 5.55. The Bertz CT molecular complexity index is 677. The molecule has 1 atom stereocenters. The Morgan fingerprint density at radius 1 is 1.20 bits per heavy atom. The number of hydrogen-bond acceptors (Lipinski definition) is 3. The first-order valence-electron chi connectivity index (χ1n) is 9.10. The van der Waals surface area contributed by atoms with Gasteiger partial charge in [-0.1, -0.05) is 37.3 Å². The zero-order valence-corrected chi connectivity index (χ0v) is 15.0. The van der Waals surface area contributed by atoms with Crippen LogP contribution in [0.2, 0.25) is 0 Å². The number of ether oxygens (including phenoxy) is 1. The van der Waals surface area contributed by atoms with Crippen molar-refractivity contribution in [3.63, 3.8) is 0 Å². The Balaban J connectivity index is 1.56. The van der Waals surface area contributed by atoms with Gasteiger partial charge in [0, 0.05) is 31.6 Å². The van der Waals surface area contributed by atoms with Gasteiger partial charge in [0.1, 0.15) is 11.9 Å². The van der Waals surface area contributed by atoms with E-state index < -0.39 is 0 Å². The molecular formula is C21H26N2O2. The van der Waals surface area contributed by atoms with Crippen molar-refractivity contribution in [3.05, 3.63) is 59.9 Å². The fourth-order valence-electron chi connectivity index (χ4n) is 3.37. The molecule has 1 aliphatic rings. The fraction of sp³-hybridized carbons (Fsp3) is 0.429. The highest BCUT2D eigenvalue weighted by atomic mass is 16.5. The molecule has 132 valence electrons. The molecule has 4 nitrogen and oxygen atoms in total. The minimum atomic E-state index is -0.0417. The highest BCUT2D eigenvalue weighted by Gasteiger charge is 2.28. The molecule has 0 N–H and O–H groups in total. The highest BCUT2D eigenvalue weighted by molar-refractivity contribution is 5.83. The molecule has 1 fully saturated rings. The van der Waals surface area contributed by atoms with Crippen molar-refractivity contribution in [1.82, 2.24) is 9.88 Å². The molecule has 1 aromatic heterocycles. The third-order valence-corrected chi connectivity index (χ3v) is 4.85. The van der Waals surface area contributed by atoms with E-state index in [9.17, 15) is 4.79 Å². The second-order valence-corrected chi connectivity index (χ2v) is 6.65. The predicted octanol–water partition coefficient (Wildman–Crippen LogP) is 3.95. The van der Waals surface area contributed by atoms with Crippen LogP contribution in [0.3, 0.4) is 0 Å². The van der Waals surface area contributed by atoms with E-state index in [1.54, 1.807) is 6.20 Å². The largest absolute Gasteiger partial charge is 0.489 e. The molecule has 0 saturated carbocycles. The van der Waals surface area contributed by atoms with Crippen LogP contribution in [-0.4, -0.2) is 35.0 Å². The molecule has 1 unspecified atom stereocenters. The van der Waals surface area contributed by atoms with Crippen LogP contribution in [-0.2, 0) is 4.79 Å². The average Bonchev–Trinajstić information content (AvgIpc) is 2.66. The first-order chi connectivity index (χ1) is 12.2. The molecule has 2 aromatic rings. The van der Waals surface area contributed by atoms with E-state index in [-0.39, 0.29) is 17.9 Å². The molecule has 1 aromatic carbocycles. The zero-order valence-electron chi connectivity index (χ0n) is 15.0. The molecule has 2 heterocycles. The molecule has 0 aliphatic carbocycles. The number of benzene rings is 1. The van der Waals surface area contributed by atoms with E-state index in [1.807, 2.05) is 54.3 Å². The van der Waals surface area contributed by atoms with Gasteiger partial charge in [-0.3, -0.25) is 9.78 Å². The second-order valence-electron chi connectivity index (χ2n) is 6.65. The Kier molecular flexibility index (Phi) is 5.69. The molecular weight excluding hydrogens is 312 g/mol. The molecule has 25 heavy (non-hydrogen) atoms. The Labute approximate surface area is 149 Å². The molecule has 1 amide bonds. The van der Waals surface area contributed by atoms with E-state index in [1.165, 1.54) is 0 Å². The maximum Gasteiger partial charge on any atom is 0.230 e. The second kappa shape index (κ2) is 8.15. The van der Waals surface area contributed by atoms with E-state index in [4.69, 9.17) is 4.74 Å². The average molecular weight is 338 g/mol. The summed E-state index contributed by atoms with van der Waals surface area (Å²) >= 11 is 0. The van der Waals surface area contributed by atoms with Gasteiger partial charge in [0.05, 0.1) is 12.1 Å². The number of carbonyl (C=O) groups is 1. The lowest BCUT2D eigenvalue weighted by molar-refractivity contribution is -0.134. The highest BCUT2D eigenvalue weighted by Crippen LogP contribution is 2.25. The smallest absolute Gasteiger partial charge is 0.230 e. The third kappa shape index (κ3) is 4.38. The standard InChI is InChI=1S/C21H26N2O2/c1-3-20(17-7-5-4-6-8-17)21(24)23-13-11-18(12-14-23)25-19-10-9-16(2)22-15-19/h4-10,15,18,20H,3,11-14H2,1-2H3. The van der Waals surface area contributed by atoms with Gasteiger partial charge in [0.2, 0.25) is 5.91 Å². The van der Waals surface area contributed by atoms with Gasteiger partial charge in [-0.2, -0.15) is 0 Å². The maximum atomic E-state index is 12.9. The van der Waals surface area contributed by atoms with Crippen molar-refractivity contribution >= 4 is 5.91 Å². The molecule has 1 aliphatic heterocycles. The number of likely N-dealkylation sites (tertiary alicyclic amines) is 1. The van der Waals surface area contributed by atoms with Gasteiger partial charge in [-0.15, -0.1) is 0 Å². The van der Waals surface area contributed by atoms with Crippen LogP contribution >= 0.6 is 0 Å². The van der Waals surface area contributed by atoms with Crippen molar-refractivity contribution in [2.45, 2.75) is 45.1 Å². The van der Waals surface area contributed by atoms with Gasteiger partial charge in [-0.05, 0) is 31.0 Å². The summed E-state index contributed by atoms with van der Waals surface area (Å²) in [4.78, 5) is 19.2. The van der Waals surface area contributed by atoms with Crippen molar-refractivity contribution < 1.29 is 9.53 Å². The molecule has 1 saturated heterocycles. The normalized spacial score (nSPS) is 16.5. The van der Waals surface area contributed by atoms with Gasteiger partial charge in [-0.25, -0.2) is 0 Å². The van der Waals surface area contributed by atoms with Crippen molar-refractivity contribution in [1.29, 1.82) is 0 Å². The van der Waals surface area contributed by atoms with Crippen LogP contribution in [0.4, 0.5) is 0 Å². The number of aromatic nitrogens is 1. The zero-order chi connectivity index (χ0) is 17.6. The van der Waals surface area contributed by atoms with E-state index in [0.29, 0.717) is 0 Å². The number of carbonyl (C=O) groups excluding carboxylic acids is 1. The van der Waals surface area contributed by atoms with Gasteiger partial charge in [0.15, 0.2) is 0 Å². The van der Waals surface area contributed by atoms with Crippen LogP contribution in [0.25, 0.3) is 0 Å². The quantitative estimate of drug-likeness (QED) is 0.829. The maximum absolute atomic E-state index is 12.9. The molecule has 3 rings (SSSR count). The third-order valence-electron chi connectivity index (χ3n) is 4.85. The van der Waals surface area contributed by atoms with Gasteiger partial charge in [0.25, 0.3) is 0 Å². The summed E-state index contributed by atoms with van der Waals surface area (Å²) in [5.74, 6) is 1.01. The summed E-state index contributed by atoms with van der Waals surface area (Å²) in [7, 11) is 0. The minimum Gasteiger partial charge on any atom is -0.489 e.